The second kappa shape index (κ2) is 6.26. The van der Waals surface area contributed by atoms with Crippen LogP contribution >= 0.6 is 11.6 Å². The van der Waals surface area contributed by atoms with Gasteiger partial charge < -0.3 is 9.84 Å². The third-order valence-corrected chi connectivity index (χ3v) is 3.71. The molecule has 0 fully saturated rings. The lowest BCUT2D eigenvalue weighted by atomic mass is 9.93. The van der Waals surface area contributed by atoms with E-state index >= 15 is 0 Å². The molecule has 1 unspecified atom stereocenters. The molecular formula is C15H19ClO2. The average molecular weight is 267 g/mol. The van der Waals surface area contributed by atoms with Gasteiger partial charge >= 0.3 is 0 Å². The van der Waals surface area contributed by atoms with E-state index in [0.717, 1.165) is 18.4 Å². The molecule has 3 heteroatoms. The highest BCUT2D eigenvalue weighted by atomic mass is 35.5. The Morgan fingerprint density at radius 3 is 2.89 bits per heavy atom. The van der Waals surface area contributed by atoms with Crippen molar-refractivity contribution in [1.29, 1.82) is 0 Å². The molecule has 1 aliphatic carbocycles. The molecule has 2 nitrogen and oxygen atoms in total. The predicted molar refractivity (Wildman–Crippen MR) is 74.1 cm³/mol. The van der Waals surface area contributed by atoms with Crippen LogP contribution in [0.15, 0.2) is 29.8 Å². The molecule has 98 valence electrons. The maximum absolute atomic E-state index is 10.2. The fourth-order valence-electron chi connectivity index (χ4n) is 2.34. The van der Waals surface area contributed by atoms with Crippen molar-refractivity contribution in [3.05, 3.63) is 40.4 Å². The molecular weight excluding hydrogens is 248 g/mol. The highest BCUT2D eigenvalue weighted by Crippen LogP contribution is 2.32. The van der Waals surface area contributed by atoms with Crippen molar-refractivity contribution in [2.45, 2.75) is 38.2 Å². The van der Waals surface area contributed by atoms with Gasteiger partial charge in [-0.25, -0.2) is 0 Å². The fraction of sp³-hybridized carbons (Fsp3) is 0.467. The Balaban J connectivity index is 2.08. The van der Waals surface area contributed by atoms with Gasteiger partial charge in [-0.1, -0.05) is 29.3 Å². The molecule has 0 saturated heterocycles. The number of hydrogen-bond acceptors (Lipinski definition) is 2. The first-order valence-electron chi connectivity index (χ1n) is 6.40. The van der Waals surface area contributed by atoms with E-state index in [1.165, 1.54) is 18.4 Å². The van der Waals surface area contributed by atoms with Crippen molar-refractivity contribution in [1.82, 2.24) is 0 Å². The van der Waals surface area contributed by atoms with Crippen LogP contribution in [0, 0.1) is 0 Å². The van der Waals surface area contributed by atoms with Gasteiger partial charge in [-0.05, 0) is 49.8 Å². The van der Waals surface area contributed by atoms with Gasteiger partial charge in [0.15, 0.2) is 0 Å². The van der Waals surface area contributed by atoms with Gasteiger partial charge in [-0.2, -0.15) is 0 Å². The van der Waals surface area contributed by atoms with Crippen LogP contribution in [-0.2, 0) is 0 Å². The van der Waals surface area contributed by atoms with E-state index in [2.05, 4.69) is 6.08 Å². The van der Waals surface area contributed by atoms with Gasteiger partial charge in [-0.15, -0.1) is 0 Å². The maximum atomic E-state index is 10.2. The van der Waals surface area contributed by atoms with E-state index in [4.69, 9.17) is 16.3 Å². The van der Waals surface area contributed by atoms with Crippen LogP contribution in [0.5, 0.6) is 5.75 Å². The smallest absolute Gasteiger partial charge is 0.137 e. The summed E-state index contributed by atoms with van der Waals surface area (Å²) in [6.07, 6.45) is 7.27. The minimum atomic E-state index is -0.472. The lowest BCUT2D eigenvalue weighted by molar-refractivity contribution is 0.176. The molecule has 1 N–H and O–H groups in total. The predicted octanol–water partition coefficient (Wildman–Crippen LogP) is 4.27. The van der Waals surface area contributed by atoms with Crippen molar-refractivity contribution in [2.75, 3.05) is 7.11 Å². The molecule has 1 aromatic rings. The van der Waals surface area contributed by atoms with Crippen molar-refractivity contribution in [2.24, 2.45) is 0 Å². The van der Waals surface area contributed by atoms with E-state index < -0.39 is 6.10 Å². The van der Waals surface area contributed by atoms with E-state index in [0.29, 0.717) is 17.2 Å². The van der Waals surface area contributed by atoms with Crippen LogP contribution < -0.4 is 4.74 Å². The zero-order valence-electron chi connectivity index (χ0n) is 10.7. The van der Waals surface area contributed by atoms with Crippen LogP contribution in [0.4, 0.5) is 0 Å². The fourth-order valence-corrected chi connectivity index (χ4v) is 2.53. The van der Waals surface area contributed by atoms with Crippen molar-refractivity contribution in [3.8, 4) is 5.75 Å². The van der Waals surface area contributed by atoms with Crippen LogP contribution in [-0.4, -0.2) is 12.2 Å². The Hall–Kier alpha value is -0.990. The Morgan fingerprint density at radius 2 is 2.22 bits per heavy atom. The van der Waals surface area contributed by atoms with Crippen molar-refractivity contribution < 1.29 is 9.84 Å². The number of ether oxygens (including phenoxy) is 1. The molecule has 0 radical (unpaired) electrons. The summed E-state index contributed by atoms with van der Waals surface area (Å²) in [6, 6.07) is 5.45. The number of allylic oxidation sites excluding steroid dienone is 1. The number of halogens is 1. The molecule has 0 bridgehead atoms. The summed E-state index contributed by atoms with van der Waals surface area (Å²) in [6.45, 7) is 0. The number of rotatable bonds is 4. The average Bonchev–Trinajstić information content (AvgIpc) is 2.40. The van der Waals surface area contributed by atoms with E-state index in [9.17, 15) is 5.11 Å². The third-order valence-electron chi connectivity index (χ3n) is 3.40. The first kappa shape index (κ1) is 13.4. The Kier molecular flexibility index (Phi) is 4.67. The van der Waals surface area contributed by atoms with Gasteiger partial charge in [-0.3, -0.25) is 0 Å². The van der Waals surface area contributed by atoms with Gasteiger partial charge in [0.1, 0.15) is 5.75 Å². The van der Waals surface area contributed by atoms with Crippen molar-refractivity contribution >= 4 is 11.6 Å². The standard InChI is InChI=1S/C15H19ClO2/c1-18-15-10-12(7-8-13(15)16)14(17)9-11-5-3-2-4-6-11/h5,7-8,10,14,17H,2-4,6,9H2,1H3. The van der Waals surface area contributed by atoms with Crippen LogP contribution in [0.1, 0.15) is 43.8 Å². The molecule has 0 heterocycles. The highest BCUT2D eigenvalue weighted by Gasteiger charge is 2.13. The molecule has 1 aromatic carbocycles. The van der Waals surface area contributed by atoms with Crippen LogP contribution in [0.3, 0.4) is 0 Å². The number of aliphatic hydroxyl groups is 1. The second-order valence-electron chi connectivity index (χ2n) is 4.72. The molecule has 1 aliphatic rings. The Labute approximate surface area is 113 Å². The van der Waals surface area contributed by atoms with Crippen LogP contribution in [0.25, 0.3) is 0 Å². The second-order valence-corrected chi connectivity index (χ2v) is 5.13. The summed E-state index contributed by atoms with van der Waals surface area (Å²) in [5.41, 5.74) is 2.23. The monoisotopic (exact) mass is 266 g/mol. The number of benzene rings is 1. The number of methoxy groups -OCH3 is 1. The van der Waals surface area contributed by atoms with E-state index in [1.54, 1.807) is 13.2 Å². The summed E-state index contributed by atoms with van der Waals surface area (Å²) in [4.78, 5) is 0. The molecule has 0 aromatic heterocycles. The van der Waals surface area contributed by atoms with Crippen molar-refractivity contribution in [3.63, 3.8) is 0 Å². The normalized spacial score (nSPS) is 17.2. The summed E-state index contributed by atoms with van der Waals surface area (Å²) in [7, 11) is 1.58. The van der Waals surface area contributed by atoms with Gasteiger partial charge in [0, 0.05) is 0 Å². The van der Waals surface area contributed by atoms with E-state index in [-0.39, 0.29) is 0 Å². The minimum absolute atomic E-state index is 0.472. The summed E-state index contributed by atoms with van der Waals surface area (Å²) < 4.78 is 5.17. The lowest BCUT2D eigenvalue weighted by Gasteiger charge is -2.17. The molecule has 1 atom stereocenters. The maximum Gasteiger partial charge on any atom is 0.137 e. The molecule has 0 spiro atoms. The largest absolute Gasteiger partial charge is 0.495 e. The Bertz CT molecular complexity index is 440. The minimum Gasteiger partial charge on any atom is -0.495 e. The molecule has 0 aliphatic heterocycles. The quantitative estimate of drug-likeness (QED) is 0.825. The highest BCUT2D eigenvalue weighted by molar-refractivity contribution is 6.32. The molecule has 18 heavy (non-hydrogen) atoms. The topological polar surface area (TPSA) is 29.5 Å². The first-order valence-corrected chi connectivity index (χ1v) is 6.78. The number of aliphatic hydroxyl groups excluding tert-OH is 1. The zero-order valence-corrected chi connectivity index (χ0v) is 11.4. The lowest BCUT2D eigenvalue weighted by Crippen LogP contribution is -2.02. The first-order chi connectivity index (χ1) is 8.70. The summed E-state index contributed by atoms with van der Waals surface area (Å²) in [5.74, 6) is 0.617. The van der Waals surface area contributed by atoms with Gasteiger partial charge in [0.25, 0.3) is 0 Å². The molecule has 0 amide bonds. The summed E-state index contributed by atoms with van der Waals surface area (Å²) >= 11 is 5.97. The molecule has 0 saturated carbocycles. The SMILES string of the molecule is COc1cc(C(O)CC2=CCCCC2)ccc1Cl. The zero-order chi connectivity index (χ0) is 13.0. The van der Waals surface area contributed by atoms with Crippen LogP contribution in [0.2, 0.25) is 5.02 Å². The molecule has 2 rings (SSSR count). The third kappa shape index (κ3) is 3.27. The van der Waals surface area contributed by atoms with E-state index in [1.807, 2.05) is 12.1 Å². The van der Waals surface area contributed by atoms with Gasteiger partial charge in [0.05, 0.1) is 18.2 Å². The summed E-state index contributed by atoms with van der Waals surface area (Å²) in [5, 5.41) is 10.8. The number of hydrogen-bond donors (Lipinski definition) is 1. The Morgan fingerprint density at radius 1 is 1.39 bits per heavy atom. The van der Waals surface area contributed by atoms with Gasteiger partial charge in [0.2, 0.25) is 0 Å².